The fourth-order valence-electron chi connectivity index (χ4n) is 3.47. The molecule has 5 nitrogen and oxygen atoms in total. The molecule has 3 aromatic rings. The summed E-state index contributed by atoms with van der Waals surface area (Å²) in [6.45, 7) is 2.56. The van der Waals surface area contributed by atoms with E-state index >= 15 is 0 Å². The first-order valence-corrected chi connectivity index (χ1v) is 9.91. The summed E-state index contributed by atoms with van der Waals surface area (Å²) in [5.41, 5.74) is 3.07. The molecule has 0 atom stereocenters. The van der Waals surface area contributed by atoms with Crippen LogP contribution in [0.5, 0.6) is 5.75 Å². The Kier molecular flexibility index (Phi) is 5.71. The Labute approximate surface area is 166 Å². The largest absolute Gasteiger partial charge is 0.489 e. The molecule has 0 spiro atoms. The summed E-state index contributed by atoms with van der Waals surface area (Å²) in [7, 11) is 0. The highest BCUT2D eigenvalue weighted by molar-refractivity contribution is 5.58. The summed E-state index contributed by atoms with van der Waals surface area (Å²) in [6, 6.07) is 20.6. The lowest BCUT2D eigenvalue weighted by atomic mass is 10.2. The van der Waals surface area contributed by atoms with Crippen molar-refractivity contribution in [1.82, 2.24) is 9.97 Å². The highest BCUT2D eigenvalue weighted by Crippen LogP contribution is 2.23. The molecule has 1 heterocycles. The van der Waals surface area contributed by atoms with Crippen molar-refractivity contribution < 1.29 is 4.74 Å². The van der Waals surface area contributed by atoms with E-state index in [1.807, 2.05) is 55.5 Å². The molecule has 0 amide bonds. The van der Waals surface area contributed by atoms with E-state index in [-0.39, 0.29) is 0 Å². The molecule has 1 aliphatic carbocycles. The van der Waals surface area contributed by atoms with Gasteiger partial charge in [0.25, 0.3) is 0 Å². The van der Waals surface area contributed by atoms with Crippen LogP contribution in [0.1, 0.15) is 36.9 Å². The van der Waals surface area contributed by atoms with Crippen LogP contribution in [0.3, 0.4) is 0 Å². The van der Waals surface area contributed by atoms with Gasteiger partial charge in [-0.1, -0.05) is 43.2 Å². The molecule has 2 aromatic carbocycles. The van der Waals surface area contributed by atoms with Crippen LogP contribution >= 0.6 is 0 Å². The van der Waals surface area contributed by atoms with Crippen molar-refractivity contribution in [2.45, 2.75) is 45.3 Å². The number of anilines is 3. The summed E-state index contributed by atoms with van der Waals surface area (Å²) in [5.74, 6) is 2.35. The van der Waals surface area contributed by atoms with Crippen LogP contribution < -0.4 is 15.4 Å². The zero-order chi connectivity index (χ0) is 19.2. The SMILES string of the molecule is Cc1cc(Nc2ccc(OCc3ccccc3)cc2)nc(NC2CCCC2)n1. The van der Waals surface area contributed by atoms with Gasteiger partial charge in [0.15, 0.2) is 0 Å². The van der Waals surface area contributed by atoms with Crippen molar-refractivity contribution in [2.75, 3.05) is 10.6 Å². The molecule has 0 unspecified atom stereocenters. The Bertz CT molecular complexity index is 890. The van der Waals surface area contributed by atoms with E-state index in [0.717, 1.165) is 28.5 Å². The van der Waals surface area contributed by atoms with Crippen LogP contribution in [0, 0.1) is 6.92 Å². The lowest BCUT2D eigenvalue weighted by Crippen LogP contribution is -2.17. The zero-order valence-corrected chi connectivity index (χ0v) is 16.2. The molecule has 1 saturated carbocycles. The molecule has 144 valence electrons. The van der Waals surface area contributed by atoms with Crippen molar-refractivity contribution >= 4 is 17.5 Å². The number of rotatable bonds is 7. The molecule has 2 N–H and O–H groups in total. The molecule has 0 saturated heterocycles. The van der Waals surface area contributed by atoms with E-state index < -0.39 is 0 Å². The van der Waals surface area contributed by atoms with Gasteiger partial charge in [-0.3, -0.25) is 0 Å². The summed E-state index contributed by atoms with van der Waals surface area (Å²) in [4.78, 5) is 9.15. The van der Waals surface area contributed by atoms with E-state index in [2.05, 4.69) is 32.7 Å². The van der Waals surface area contributed by atoms with Crippen molar-refractivity contribution in [3.8, 4) is 5.75 Å². The van der Waals surface area contributed by atoms with E-state index in [9.17, 15) is 0 Å². The smallest absolute Gasteiger partial charge is 0.225 e. The molecule has 4 rings (SSSR count). The predicted octanol–water partition coefficient (Wildman–Crippen LogP) is 5.46. The van der Waals surface area contributed by atoms with Crippen molar-refractivity contribution in [3.05, 3.63) is 71.9 Å². The van der Waals surface area contributed by atoms with Crippen molar-refractivity contribution in [3.63, 3.8) is 0 Å². The number of ether oxygens (including phenoxy) is 1. The normalized spacial score (nSPS) is 14.0. The third kappa shape index (κ3) is 5.00. The fourth-order valence-corrected chi connectivity index (χ4v) is 3.47. The maximum Gasteiger partial charge on any atom is 0.225 e. The summed E-state index contributed by atoms with van der Waals surface area (Å²) in [5, 5.41) is 6.83. The Hall–Kier alpha value is -3.08. The minimum atomic E-state index is 0.496. The van der Waals surface area contributed by atoms with Crippen molar-refractivity contribution in [1.29, 1.82) is 0 Å². The second-order valence-corrected chi connectivity index (χ2v) is 7.27. The second-order valence-electron chi connectivity index (χ2n) is 7.27. The average Bonchev–Trinajstić information content (AvgIpc) is 3.21. The number of nitrogens with one attached hydrogen (secondary N) is 2. The molecule has 0 bridgehead atoms. The Morgan fingerprint density at radius 2 is 1.71 bits per heavy atom. The van der Waals surface area contributed by atoms with Gasteiger partial charge in [0.2, 0.25) is 5.95 Å². The number of hydrogen-bond donors (Lipinski definition) is 2. The van der Waals surface area contributed by atoms with Crippen LogP contribution in [-0.4, -0.2) is 16.0 Å². The quantitative estimate of drug-likeness (QED) is 0.575. The van der Waals surface area contributed by atoms with Crippen LogP contribution in [-0.2, 0) is 6.61 Å². The van der Waals surface area contributed by atoms with E-state index in [1.165, 1.54) is 25.7 Å². The van der Waals surface area contributed by atoms with Gasteiger partial charge in [-0.15, -0.1) is 0 Å². The van der Waals surface area contributed by atoms with Gasteiger partial charge in [0, 0.05) is 23.5 Å². The molecular formula is C23H26N4O. The number of hydrogen-bond acceptors (Lipinski definition) is 5. The highest BCUT2D eigenvalue weighted by atomic mass is 16.5. The number of aryl methyl sites for hydroxylation is 1. The second kappa shape index (κ2) is 8.74. The minimum absolute atomic E-state index is 0.496. The van der Waals surface area contributed by atoms with E-state index in [4.69, 9.17) is 4.74 Å². The Morgan fingerprint density at radius 1 is 0.964 bits per heavy atom. The van der Waals surface area contributed by atoms with Gasteiger partial charge < -0.3 is 15.4 Å². The monoisotopic (exact) mass is 374 g/mol. The summed E-state index contributed by atoms with van der Waals surface area (Å²) in [6.07, 6.45) is 4.97. The first-order valence-electron chi connectivity index (χ1n) is 9.91. The molecular weight excluding hydrogens is 348 g/mol. The van der Waals surface area contributed by atoms with E-state index in [1.54, 1.807) is 0 Å². The number of aromatic nitrogens is 2. The van der Waals surface area contributed by atoms with Crippen LogP contribution in [0.15, 0.2) is 60.7 Å². The molecule has 1 aliphatic rings. The van der Waals surface area contributed by atoms with Gasteiger partial charge in [-0.05, 0) is 49.6 Å². The number of benzene rings is 2. The lowest BCUT2D eigenvalue weighted by molar-refractivity contribution is 0.306. The van der Waals surface area contributed by atoms with Crippen LogP contribution in [0.2, 0.25) is 0 Å². The fraction of sp³-hybridized carbons (Fsp3) is 0.304. The lowest BCUT2D eigenvalue weighted by Gasteiger charge is -2.14. The van der Waals surface area contributed by atoms with Crippen LogP contribution in [0.25, 0.3) is 0 Å². The van der Waals surface area contributed by atoms with Gasteiger partial charge in [-0.25, -0.2) is 4.98 Å². The first-order chi connectivity index (χ1) is 13.7. The first kappa shape index (κ1) is 18.3. The maximum absolute atomic E-state index is 5.85. The third-order valence-electron chi connectivity index (χ3n) is 4.92. The molecule has 5 heteroatoms. The summed E-state index contributed by atoms with van der Waals surface area (Å²) < 4.78 is 5.85. The highest BCUT2D eigenvalue weighted by Gasteiger charge is 2.16. The van der Waals surface area contributed by atoms with E-state index in [0.29, 0.717) is 18.6 Å². The van der Waals surface area contributed by atoms with Gasteiger partial charge in [0.05, 0.1) is 0 Å². The molecule has 1 aromatic heterocycles. The van der Waals surface area contributed by atoms with Crippen molar-refractivity contribution in [2.24, 2.45) is 0 Å². The zero-order valence-electron chi connectivity index (χ0n) is 16.2. The minimum Gasteiger partial charge on any atom is -0.489 e. The predicted molar refractivity (Wildman–Crippen MR) is 113 cm³/mol. The molecule has 0 radical (unpaired) electrons. The molecule has 0 aliphatic heterocycles. The maximum atomic E-state index is 5.85. The Morgan fingerprint density at radius 3 is 2.46 bits per heavy atom. The van der Waals surface area contributed by atoms with Gasteiger partial charge in [0.1, 0.15) is 18.2 Å². The average molecular weight is 374 g/mol. The van der Waals surface area contributed by atoms with Crippen LogP contribution in [0.4, 0.5) is 17.5 Å². The summed E-state index contributed by atoms with van der Waals surface area (Å²) >= 11 is 0. The van der Waals surface area contributed by atoms with Gasteiger partial charge >= 0.3 is 0 Å². The Balaban J connectivity index is 1.37. The topological polar surface area (TPSA) is 59.1 Å². The standard InChI is InChI=1S/C23H26N4O/c1-17-15-22(27-23(24-17)26-19-9-5-6-10-19)25-20-11-13-21(14-12-20)28-16-18-7-3-2-4-8-18/h2-4,7-8,11-15,19H,5-6,9-10,16H2,1H3,(H2,24,25,26,27). The van der Waals surface area contributed by atoms with Gasteiger partial charge in [-0.2, -0.15) is 4.98 Å². The molecule has 1 fully saturated rings. The third-order valence-corrected chi connectivity index (χ3v) is 4.92. The molecule has 28 heavy (non-hydrogen) atoms. The number of nitrogens with zero attached hydrogens (tertiary/aromatic N) is 2.